The normalized spacial score (nSPS) is 12.9. The zero-order valence-electron chi connectivity index (χ0n) is 12.1. The molecular weight excluding hydrogens is 382 g/mol. The van der Waals surface area contributed by atoms with Crippen molar-refractivity contribution in [1.82, 2.24) is 15.1 Å². The van der Waals surface area contributed by atoms with Gasteiger partial charge in [0.15, 0.2) is 0 Å². The second kappa shape index (κ2) is 6.41. The van der Waals surface area contributed by atoms with E-state index in [2.05, 4.69) is 85.9 Å². The summed E-state index contributed by atoms with van der Waals surface area (Å²) in [5.41, 5.74) is 3.67. The molecule has 108 valence electrons. The Morgan fingerprint density at radius 1 is 1.25 bits per heavy atom. The third-order valence-electron chi connectivity index (χ3n) is 3.39. The average Bonchev–Trinajstić information content (AvgIpc) is 2.77. The van der Waals surface area contributed by atoms with Crippen LogP contribution < -0.4 is 5.32 Å². The second-order valence-corrected chi connectivity index (χ2v) is 6.91. The highest BCUT2D eigenvalue weighted by Crippen LogP contribution is 2.32. The van der Waals surface area contributed by atoms with Gasteiger partial charge in [0.1, 0.15) is 0 Å². The molecule has 0 aliphatic carbocycles. The van der Waals surface area contributed by atoms with Gasteiger partial charge in [-0.3, -0.25) is 4.68 Å². The van der Waals surface area contributed by atoms with E-state index in [-0.39, 0.29) is 6.04 Å². The number of aryl methyl sites for hydroxylation is 1. The zero-order chi connectivity index (χ0) is 14.9. The molecule has 1 atom stereocenters. The molecule has 0 saturated carbocycles. The van der Waals surface area contributed by atoms with Crippen LogP contribution in [-0.2, 0) is 0 Å². The topological polar surface area (TPSA) is 29.9 Å². The van der Waals surface area contributed by atoms with Crippen LogP contribution in [-0.4, -0.2) is 16.8 Å². The molecule has 0 bridgehead atoms. The Kier molecular flexibility index (Phi) is 5.04. The summed E-state index contributed by atoms with van der Waals surface area (Å²) in [6, 6.07) is 6.79. The third kappa shape index (κ3) is 3.00. The molecule has 0 spiro atoms. The van der Waals surface area contributed by atoms with E-state index in [1.54, 1.807) is 0 Å². The SMILES string of the molecule is CNC(c1cc(Br)ccc1C)c1c(Br)cnn1C(C)C. The van der Waals surface area contributed by atoms with Gasteiger partial charge in [0.2, 0.25) is 0 Å². The molecule has 5 heteroatoms. The summed E-state index contributed by atoms with van der Waals surface area (Å²) in [5, 5.41) is 7.89. The smallest absolute Gasteiger partial charge is 0.0760 e. The molecule has 1 heterocycles. The lowest BCUT2D eigenvalue weighted by atomic mass is 9.98. The van der Waals surface area contributed by atoms with Crippen LogP contribution in [0.5, 0.6) is 0 Å². The molecule has 2 aromatic rings. The van der Waals surface area contributed by atoms with E-state index < -0.39 is 0 Å². The Hall–Kier alpha value is -0.650. The molecule has 20 heavy (non-hydrogen) atoms. The van der Waals surface area contributed by atoms with Gasteiger partial charge in [-0.05, 0) is 67.0 Å². The maximum Gasteiger partial charge on any atom is 0.0760 e. The van der Waals surface area contributed by atoms with Crippen LogP contribution >= 0.6 is 31.9 Å². The number of halogens is 2. The van der Waals surface area contributed by atoms with Crippen LogP contribution in [0.2, 0.25) is 0 Å². The zero-order valence-corrected chi connectivity index (χ0v) is 15.3. The highest BCUT2D eigenvalue weighted by Gasteiger charge is 2.23. The van der Waals surface area contributed by atoms with Gasteiger partial charge < -0.3 is 5.32 Å². The number of nitrogens with zero attached hydrogens (tertiary/aromatic N) is 2. The molecule has 0 fully saturated rings. The molecule has 0 radical (unpaired) electrons. The fourth-order valence-electron chi connectivity index (χ4n) is 2.39. The fourth-order valence-corrected chi connectivity index (χ4v) is 3.28. The molecule has 0 amide bonds. The van der Waals surface area contributed by atoms with Crippen LogP contribution in [0, 0.1) is 6.92 Å². The number of aromatic nitrogens is 2. The molecule has 2 rings (SSSR count). The van der Waals surface area contributed by atoms with E-state index in [1.165, 1.54) is 11.1 Å². The van der Waals surface area contributed by atoms with Crippen molar-refractivity contribution in [2.24, 2.45) is 0 Å². The number of nitrogens with one attached hydrogen (secondary N) is 1. The highest BCUT2D eigenvalue weighted by atomic mass is 79.9. The summed E-state index contributed by atoms with van der Waals surface area (Å²) in [5.74, 6) is 0. The summed E-state index contributed by atoms with van der Waals surface area (Å²) in [6.45, 7) is 6.42. The van der Waals surface area contributed by atoms with Crippen molar-refractivity contribution >= 4 is 31.9 Å². The minimum absolute atomic E-state index is 0.103. The monoisotopic (exact) mass is 399 g/mol. The third-order valence-corrected chi connectivity index (χ3v) is 4.49. The van der Waals surface area contributed by atoms with E-state index in [4.69, 9.17) is 0 Å². The molecule has 0 aliphatic heterocycles. The highest BCUT2D eigenvalue weighted by molar-refractivity contribution is 9.10. The number of hydrogen-bond donors (Lipinski definition) is 1. The summed E-state index contributed by atoms with van der Waals surface area (Å²) in [6.07, 6.45) is 1.87. The van der Waals surface area contributed by atoms with Gasteiger partial charge in [-0.1, -0.05) is 22.0 Å². The molecule has 0 saturated heterocycles. The van der Waals surface area contributed by atoms with Crippen LogP contribution in [0.15, 0.2) is 33.3 Å². The van der Waals surface area contributed by atoms with E-state index in [0.717, 1.165) is 14.6 Å². The molecule has 1 unspecified atom stereocenters. The Bertz CT molecular complexity index is 605. The largest absolute Gasteiger partial charge is 0.308 e. The van der Waals surface area contributed by atoms with Gasteiger partial charge in [-0.25, -0.2) is 0 Å². The van der Waals surface area contributed by atoms with Gasteiger partial charge in [0.05, 0.1) is 22.4 Å². The quantitative estimate of drug-likeness (QED) is 0.812. The molecule has 1 aromatic heterocycles. The van der Waals surface area contributed by atoms with Crippen molar-refractivity contribution in [2.45, 2.75) is 32.9 Å². The lowest BCUT2D eigenvalue weighted by Crippen LogP contribution is -2.23. The predicted molar refractivity (Wildman–Crippen MR) is 90.1 cm³/mol. The van der Waals surface area contributed by atoms with Crippen molar-refractivity contribution in [1.29, 1.82) is 0 Å². The van der Waals surface area contributed by atoms with Crippen molar-refractivity contribution < 1.29 is 0 Å². The average molecular weight is 401 g/mol. The van der Waals surface area contributed by atoms with Gasteiger partial charge in [0.25, 0.3) is 0 Å². The van der Waals surface area contributed by atoms with Crippen LogP contribution in [0.1, 0.15) is 42.8 Å². The summed E-state index contributed by atoms with van der Waals surface area (Å²) in [7, 11) is 1.98. The first-order valence-corrected chi connectivity index (χ1v) is 8.20. The van der Waals surface area contributed by atoms with E-state index in [0.29, 0.717) is 6.04 Å². The lowest BCUT2D eigenvalue weighted by molar-refractivity contribution is 0.482. The van der Waals surface area contributed by atoms with Crippen molar-refractivity contribution in [3.63, 3.8) is 0 Å². The van der Waals surface area contributed by atoms with Gasteiger partial charge in [-0.2, -0.15) is 5.10 Å². The molecule has 1 aromatic carbocycles. The van der Waals surface area contributed by atoms with Gasteiger partial charge >= 0.3 is 0 Å². The van der Waals surface area contributed by atoms with E-state index >= 15 is 0 Å². The first-order valence-electron chi connectivity index (χ1n) is 6.62. The summed E-state index contributed by atoms with van der Waals surface area (Å²) < 4.78 is 4.18. The van der Waals surface area contributed by atoms with E-state index in [9.17, 15) is 0 Å². The Morgan fingerprint density at radius 2 is 1.95 bits per heavy atom. The Morgan fingerprint density at radius 3 is 2.55 bits per heavy atom. The first kappa shape index (κ1) is 15.7. The molecular formula is C15H19Br2N3. The summed E-state index contributed by atoms with van der Waals surface area (Å²) in [4.78, 5) is 0. The fraction of sp³-hybridized carbons (Fsp3) is 0.400. The maximum atomic E-state index is 4.48. The predicted octanol–water partition coefficient (Wildman–Crippen LogP) is 4.61. The van der Waals surface area contributed by atoms with Crippen LogP contribution in [0.4, 0.5) is 0 Å². The van der Waals surface area contributed by atoms with Crippen molar-refractivity contribution in [3.8, 4) is 0 Å². The minimum atomic E-state index is 0.103. The van der Waals surface area contributed by atoms with Gasteiger partial charge in [-0.15, -0.1) is 0 Å². The Balaban J connectivity index is 2.58. The second-order valence-electron chi connectivity index (χ2n) is 5.14. The number of rotatable bonds is 4. The first-order chi connectivity index (χ1) is 9.45. The van der Waals surface area contributed by atoms with Gasteiger partial charge in [0, 0.05) is 10.5 Å². The Labute approximate surface area is 137 Å². The van der Waals surface area contributed by atoms with Crippen LogP contribution in [0.25, 0.3) is 0 Å². The molecule has 1 N–H and O–H groups in total. The number of hydrogen-bond acceptors (Lipinski definition) is 2. The molecule has 0 aliphatic rings. The number of benzene rings is 1. The summed E-state index contributed by atoms with van der Waals surface area (Å²) >= 11 is 7.19. The minimum Gasteiger partial charge on any atom is -0.308 e. The van der Waals surface area contributed by atoms with Crippen molar-refractivity contribution in [3.05, 3.63) is 50.2 Å². The van der Waals surface area contributed by atoms with Crippen molar-refractivity contribution in [2.75, 3.05) is 7.05 Å². The van der Waals surface area contributed by atoms with E-state index in [1.807, 2.05) is 13.2 Å². The standard InChI is InChI=1S/C15H19Br2N3/c1-9(2)20-15(13(17)8-19-20)14(18-4)12-7-11(16)6-5-10(12)3/h5-9,14,18H,1-4H3. The lowest BCUT2D eigenvalue weighted by Gasteiger charge is -2.23. The van der Waals surface area contributed by atoms with Crippen LogP contribution in [0.3, 0.4) is 0 Å². The molecule has 3 nitrogen and oxygen atoms in total. The maximum absolute atomic E-state index is 4.48.